The zero-order valence-corrected chi connectivity index (χ0v) is 9.93. The first-order valence-corrected chi connectivity index (χ1v) is 5.40. The highest BCUT2D eigenvalue weighted by Crippen LogP contribution is 2.32. The minimum atomic E-state index is -0.819. The van der Waals surface area contributed by atoms with Crippen molar-refractivity contribution in [1.29, 1.82) is 0 Å². The Hall–Kier alpha value is -0.960. The van der Waals surface area contributed by atoms with Gasteiger partial charge in [-0.3, -0.25) is 4.39 Å². The lowest BCUT2D eigenvalue weighted by atomic mass is 9.77. The Morgan fingerprint density at radius 3 is 2.56 bits per heavy atom. The quantitative estimate of drug-likeness (QED) is 0.839. The maximum Gasteiger partial charge on any atom is 0.123 e. The molecule has 0 aliphatic heterocycles. The smallest absolute Gasteiger partial charge is 0.123 e. The zero-order chi connectivity index (χ0) is 12.3. The average molecular weight is 228 g/mol. The van der Waals surface area contributed by atoms with Crippen molar-refractivity contribution >= 4 is 0 Å². The van der Waals surface area contributed by atoms with Gasteiger partial charge in [0.25, 0.3) is 0 Å². The molecule has 0 aliphatic carbocycles. The lowest BCUT2D eigenvalue weighted by Crippen LogP contribution is -2.30. The van der Waals surface area contributed by atoms with Crippen LogP contribution in [-0.4, -0.2) is 17.9 Å². The largest absolute Gasteiger partial charge is 0.393 e. The Morgan fingerprint density at radius 1 is 1.44 bits per heavy atom. The van der Waals surface area contributed by atoms with Gasteiger partial charge in [0.1, 0.15) is 5.82 Å². The Labute approximate surface area is 95.1 Å². The molecular formula is C13H18F2O. The summed E-state index contributed by atoms with van der Waals surface area (Å²) in [7, 11) is 0. The number of benzene rings is 1. The Bertz CT molecular complexity index is 363. The van der Waals surface area contributed by atoms with E-state index in [1.807, 2.05) is 6.92 Å². The van der Waals surface area contributed by atoms with E-state index in [1.165, 1.54) is 12.1 Å². The average Bonchev–Trinajstić information content (AvgIpc) is 2.20. The van der Waals surface area contributed by atoms with Crippen LogP contribution in [0.4, 0.5) is 8.78 Å². The summed E-state index contributed by atoms with van der Waals surface area (Å²) < 4.78 is 26.3. The molecule has 1 aromatic carbocycles. The summed E-state index contributed by atoms with van der Waals surface area (Å²) >= 11 is 0. The van der Waals surface area contributed by atoms with Crippen molar-refractivity contribution in [2.75, 3.05) is 6.67 Å². The maximum absolute atomic E-state index is 13.2. The highest BCUT2D eigenvalue weighted by atomic mass is 19.1. The lowest BCUT2D eigenvalue weighted by molar-refractivity contribution is 0.139. The van der Waals surface area contributed by atoms with Crippen LogP contribution in [0.15, 0.2) is 18.2 Å². The molecule has 90 valence electrons. The molecule has 0 bridgehead atoms. The van der Waals surface area contributed by atoms with Crippen molar-refractivity contribution < 1.29 is 13.9 Å². The summed E-state index contributed by atoms with van der Waals surface area (Å²) in [6.07, 6.45) is -0.322. The second-order valence-corrected chi connectivity index (χ2v) is 4.71. The van der Waals surface area contributed by atoms with Crippen LogP contribution in [0, 0.1) is 12.7 Å². The molecule has 0 aromatic heterocycles. The molecule has 0 saturated carbocycles. The second kappa shape index (κ2) is 4.91. The number of hydrogen-bond acceptors (Lipinski definition) is 1. The minimum absolute atomic E-state index is 0.286. The summed E-state index contributed by atoms with van der Waals surface area (Å²) in [5, 5.41) is 9.38. The molecule has 0 spiro atoms. The molecule has 0 heterocycles. The molecule has 0 saturated heterocycles. The highest BCUT2D eigenvalue weighted by Gasteiger charge is 2.30. The molecule has 16 heavy (non-hydrogen) atoms. The third kappa shape index (κ3) is 2.79. The van der Waals surface area contributed by atoms with Crippen molar-refractivity contribution in [2.24, 2.45) is 0 Å². The molecule has 3 heteroatoms. The van der Waals surface area contributed by atoms with E-state index in [2.05, 4.69) is 0 Å². The Kier molecular flexibility index (Phi) is 4.03. The number of aliphatic hydroxyl groups is 1. The van der Waals surface area contributed by atoms with E-state index in [-0.39, 0.29) is 12.2 Å². The van der Waals surface area contributed by atoms with Crippen LogP contribution >= 0.6 is 0 Å². The fourth-order valence-electron chi connectivity index (χ4n) is 2.13. The number of hydrogen-bond donors (Lipinski definition) is 1. The first-order valence-electron chi connectivity index (χ1n) is 5.40. The van der Waals surface area contributed by atoms with Gasteiger partial charge in [-0.05, 0) is 43.5 Å². The van der Waals surface area contributed by atoms with Gasteiger partial charge in [0.2, 0.25) is 0 Å². The van der Waals surface area contributed by atoms with E-state index in [4.69, 9.17) is 0 Å². The Balaban J connectivity index is 3.16. The van der Waals surface area contributed by atoms with Crippen molar-refractivity contribution in [3.63, 3.8) is 0 Å². The van der Waals surface area contributed by atoms with Crippen LogP contribution in [0.25, 0.3) is 0 Å². The van der Waals surface area contributed by atoms with Crippen LogP contribution in [0.5, 0.6) is 0 Å². The fraction of sp³-hybridized carbons (Fsp3) is 0.538. The number of alkyl halides is 1. The van der Waals surface area contributed by atoms with Gasteiger partial charge in [-0.1, -0.05) is 13.0 Å². The predicted octanol–water partition coefficient (Wildman–Crippen LogP) is 3.13. The molecule has 2 unspecified atom stereocenters. The van der Waals surface area contributed by atoms with Crippen molar-refractivity contribution in [3.05, 3.63) is 35.1 Å². The van der Waals surface area contributed by atoms with Crippen LogP contribution in [0.3, 0.4) is 0 Å². The Morgan fingerprint density at radius 2 is 2.06 bits per heavy atom. The second-order valence-electron chi connectivity index (χ2n) is 4.71. The van der Waals surface area contributed by atoms with Crippen molar-refractivity contribution in [2.45, 2.75) is 38.7 Å². The van der Waals surface area contributed by atoms with Crippen LogP contribution < -0.4 is 0 Å². The lowest BCUT2D eigenvalue weighted by Gasteiger charge is -2.29. The predicted molar refractivity (Wildman–Crippen MR) is 60.8 cm³/mol. The van der Waals surface area contributed by atoms with E-state index in [9.17, 15) is 13.9 Å². The summed E-state index contributed by atoms with van der Waals surface area (Å²) in [4.78, 5) is 0. The molecule has 1 rings (SSSR count). The first-order chi connectivity index (χ1) is 7.39. The third-order valence-corrected chi connectivity index (χ3v) is 2.89. The maximum atomic E-state index is 13.2. The third-order valence-electron chi connectivity index (χ3n) is 2.89. The standard InChI is InChI=1S/C13H18F2O/c1-9-4-5-11(15)6-12(9)13(3,8-14)7-10(2)16/h4-6,10,16H,7-8H2,1-3H3. The number of aliphatic hydroxyl groups excluding tert-OH is 1. The molecule has 0 fully saturated rings. The summed E-state index contributed by atoms with van der Waals surface area (Å²) in [5.41, 5.74) is 0.665. The normalized spacial score (nSPS) is 16.9. The van der Waals surface area contributed by atoms with Crippen LogP contribution in [-0.2, 0) is 5.41 Å². The van der Waals surface area contributed by atoms with Crippen LogP contribution in [0.1, 0.15) is 31.4 Å². The monoisotopic (exact) mass is 228 g/mol. The molecule has 2 atom stereocenters. The van der Waals surface area contributed by atoms with E-state index in [0.717, 1.165) is 5.56 Å². The van der Waals surface area contributed by atoms with Crippen molar-refractivity contribution in [1.82, 2.24) is 0 Å². The van der Waals surface area contributed by atoms with Gasteiger partial charge in [-0.15, -0.1) is 0 Å². The van der Waals surface area contributed by atoms with Gasteiger partial charge < -0.3 is 5.11 Å². The fourth-order valence-corrected chi connectivity index (χ4v) is 2.13. The van der Waals surface area contributed by atoms with E-state index < -0.39 is 18.2 Å². The molecule has 1 N–H and O–H groups in total. The first kappa shape index (κ1) is 13.1. The number of rotatable bonds is 4. The topological polar surface area (TPSA) is 20.2 Å². The van der Waals surface area contributed by atoms with E-state index in [1.54, 1.807) is 19.9 Å². The molecule has 1 nitrogen and oxygen atoms in total. The van der Waals surface area contributed by atoms with Gasteiger partial charge in [0.05, 0.1) is 12.8 Å². The summed E-state index contributed by atoms with van der Waals surface area (Å²) in [6, 6.07) is 4.36. The molecule has 0 aliphatic rings. The zero-order valence-electron chi connectivity index (χ0n) is 9.93. The van der Waals surface area contributed by atoms with E-state index >= 15 is 0 Å². The number of aryl methyl sites for hydroxylation is 1. The SMILES string of the molecule is Cc1ccc(F)cc1C(C)(CF)CC(C)O. The highest BCUT2D eigenvalue weighted by molar-refractivity contribution is 5.33. The molecular weight excluding hydrogens is 210 g/mol. The summed E-state index contributed by atoms with van der Waals surface area (Å²) in [5.74, 6) is -0.370. The summed E-state index contributed by atoms with van der Waals surface area (Å²) in [6.45, 7) is 4.54. The van der Waals surface area contributed by atoms with Gasteiger partial charge in [0, 0.05) is 5.41 Å². The van der Waals surface area contributed by atoms with E-state index in [0.29, 0.717) is 5.56 Å². The van der Waals surface area contributed by atoms with Gasteiger partial charge >= 0.3 is 0 Å². The van der Waals surface area contributed by atoms with Crippen molar-refractivity contribution in [3.8, 4) is 0 Å². The molecule has 0 radical (unpaired) electrons. The van der Waals surface area contributed by atoms with Gasteiger partial charge in [-0.25, -0.2) is 4.39 Å². The molecule has 0 amide bonds. The van der Waals surface area contributed by atoms with Crippen LogP contribution in [0.2, 0.25) is 0 Å². The number of halogens is 2. The van der Waals surface area contributed by atoms with Gasteiger partial charge in [0.15, 0.2) is 0 Å². The van der Waals surface area contributed by atoms with Gasteiger partial charge in [-0.2, -0.15) is 0 Å². The molecule has 1 aromatic rings. The minimum Gasteiger partial charge on any atom is -0.393 e.